The first-order valence-corrected chi connectivity index (χ1v) is 3.84. The summed E-state index contributed by atoms with van der Waals surface area (Å²) in [5, 5.41) is 10.1. The quantitative estimate of drug-likeness (QED) is 0.581. The monoisotopic (exact) mass is 145 g/mol. The van der Waals surface area contributed by atoms with Gasteiger partial charge in [-0.3, -0.25) is 0 Å². The summed E-state index contributed by atoms with van der Waals surface area (Å²) in [5.74, 6) is 0. The lowest BCUT2D eigenvalue weighted by molar-refractivity contribution is -0.0477. The first-order valence-electron chi connectivity index (χ1n) is 3.84. The fourth-order valence-electron chi connectivity index (χ4n) is 0.992. The molecule has 2 heteroatoms. The average Bonchev–Trinajstić information content (AvgIpc) is 1.84. The Morgan fingerprint density at radius 2 is 2.00 bits per heavy atom. The Bertz CT molecular complexity index is 79.3. The first kappa shape index (κ1) is 9.92. The van der Waals surface area contributed by atoms with Crippen LogP contribution in [0, 0.1) is 0 Å². The third-order valence-electron chi connectivity index (χ3n) is 1.43. The van der Waals surface area contributed by atoms with Crippen LogP contribution in [0.3, 0.4) is 0 Å². The second-order valence-electron chi connectivity index (χ2n) is 3.06. The van der Waals surface area contributed by atoms with E-state index in [1.165, 1.54) is 0 Å². The van der Waals surface area contributed by atoms with Crippen LogP contribution < -0.4 is 0 Å². The van der Waals surface area contributed by atoms with Gasteiger partial charge < -0.3 is 4.74 Å². The fraction of sp³-hybridized carbons (Fsp3) is 1.00. The van der Waals surface area contributed by atoms with E-state index in [1.54, 1.807) is 0 Å². The Morgan fingerprint density at radius 3 is 2.40 bits per heavy atom. The Labute approximate surface area is 63.2 Å². The zero-order chi connectivity index (χ0) is 8.04. The molecule has 0 bridgehead atoms. The van der Waals surface area contributed by atoms with Gasteiger partial charge in [-0.25, -0.2) is 5.11 Å². The summed E-state index contributed by atoms with van der Waals surface area (Å²) in [7, 11) is 0. The Hall–Kier alpha value is -0.0800. The summed E-state index contributed by atoms with van der Waals surface area (Å²) in [4.78, 5) is 0. The third-order valence-corrected chi connectivity index (χ3v) is 1.43. The smallest absolute Gasteiger partial charge is 0.106 e. The highest BCUT2D eigenvalue weighted by Gasteiger charge is 2.15. The minimum absolute atomic E-state index is 0.0981. The van der Waals surface area contributed by atoms with Gasteiger partial charge in [0.05, 0.1) is 12.2 Å². The summed E-state index contributed by atoms with van der Waals surface area (Å²) >= 11 is 0. The molecule has 0 aromatic heterocycles. The molecule has 0 fully saturated rings. The van der Waals surface area contributed by atoms with Gasteiger partial charge in [-0.15, -0.1) is 0 Å². The van der Waals surface area contributed by atoms with Crippen molar-refractivity contribution in [2.24, 2.45) is 0 Å². The van der Waals surface area contributed by atoms with Gasteiger partial charge in [0.15, 0.2) is 0 Å². The second kappa shape index (κ2) is 4.69. The lowest BCUT2D eigenvalue weighted by Gasteiger charge is -2.23. The standard InChI is InChI=1S/C8H17O2/c1-4-5-8(2,3)10-7-6-9/h4-7H2,1-3H3. The van der Waals surface area contributed by atoms with Crippen LogP contribution in [-0.2, 0) is 9.84 Å². The van der Waals surface area contributed by atoms with Crippen molar-refractivity contribution in [2.75, 3.05) is 13.2 Å². The maximum absolute atomic E-state index is 10.1. The second-order valence-corrected chi connectivity index (χ2v) is 3.06. The zero-order valence-corrected chi connectivity index (χ0v) is 7.14. The predicted octanol–water partition coefficient (Wildman–Crippen LogP) is 2.01. The Balaban J connectivity index is 3.42. The average molecular weight is 145 g/mol. The van der Waals surface area contributed by atoms with Gasteiger partial charge in [-0.2, -0.15) is 0 Å². The summed E-state index contributed by atoms with van der Waals surface area (Å²) in [6, 6.07) is 0. The molecule has 0 atom stereocenters. The molecule has 0 saturated carbocycles. The maximum Gasteiger partial charge on any atom is 0.106 e. The Morgan fingerprint density at radius 1 is 1.40 bits per heavy atom. The van der Waals surface area contributed by atoms with Gasteiger partial charge in [0.1, 0.15) is 6.61 Å². The number of rotatable bonds is 5. The number of ether oxygens (including phenoxy) is 1. The molecular formula is C8H17O2. The van der Waals surface area contributed by atoms with Crippen LogP contribution in [0.1, 0.15) is 33.6 Å². The van der Waals surface area contributed by atoms with Crippen molar-refractivity contribution < 1.29 is 9.84 Å². The van der Waals surface area contributed by atoms with Crippen LogP contribution in [-0.4, -0.2) is 18.8 Å². The highest BCUT2D eigenvalue weighted by atomic mass is 16.5. The van der Waals surface area contributed by atoms with E-state index in [2.05, 4.69) is 6.92 Å². The lowest BCUT2D eigenvalue weighted by Crippen LogP contribution is -2.25. The van der Waals surface area contributed by atoms with Crippen molar-refractivity contribution in [3.05, 3.63) is 0 Å². The maximum atomic E-state index is 10.1. The van der Waals surface area contributed by atoms with Gasteiger partial charge in [-0.05, 0) is 20.3 Å². The van der Waals surface area contributed by atoms with Crippen LogP contribution in [0.4, 0.5) is 0 Å². The van der Waals surface area contributed by atoms with Crippen molar-refractivity contribution in [3.8, 4) is 0 Å². The van der Waals surface area contributed by atoms with Crippen LogP contribution in [0.5, 0.6) is 0 Å². The molecule has 0 heterocycles. The van der Waals surface area contributed by atoms with E-state index in [0.29, 0.717) is 6.61 Å². The highest BCUT2D eigenvalue weighted by molar-refractivity contribution is 4.66. The van der Waals surface area contributed by atoms with E-state index in [-0.39, 0.29) is 12.2 Å². The van der Waals surface area contributed by atoms with Crippen molar-refractivity contribution in [1.82, 2.24) is 0 Å². The van der Waals surface area contributed by atoms with Crippen molar-refractivity contribution in [2.45, 2.75) is 39.2 Å². The number of hydrogen-bond donors (Lipinski definition) is 0. The summed E-state index contributed by atoms with van der Waals surface area (Å²) in [6.45, 7) is 6.36. The van der Waals surface area contributed by atoms with Crippen LogP contribution >= 0.6 is 0 Å². The molecule has 0 unspecified atom stereocenters. The van der Waals surface area contributed by atoms with Crippen LogP contribution in [0.2, 0.25) is 0 Å². The topological polar surface area (TPSA) is 29.1 Å². The minimum Gasteiger partial charge on any atom is -0.373 e. The molecule has 0 aliphatic heterocycles. The summed E-state index contributed by atoms with van der Waals surface area (Å²) < 4.78 is 5.31. The molecule has 10 heavy (non-hydrogen) atoms. The molecule has 0 aliphatic rings. The van der Waals surface area contributed by atoms with Gasteiger partial charge in [-0.1, -0.05) is 13.3 Å². The molecule has 0 spiro atoms. The molecule has 2 nitrogen and oxygen atoms in total. The largest absolute Gasteiger partial charge is 0.373 e. The van der Waals surface area contributed by atoms with E-state index < -0.39 is 0 Å². The van der Waals surface area contributed by atoms with Crippen LogP contribution in [0.25, 0.3) is 0 Å². The van der Waals surface area contributed by atoms with Crippen molar-refractivity contribution in [3.63, 3.8) is 0 Å². The Kier molecular flexibility index (Phi) is 4.65. The molecule has 61 valence electrons. The van der Waals surface area contributed by atoms with E-state index in [9.17, 15) is 5.11 Å². The van der Waals surface area contributed by atoms with Gasteiger partial charge in [0, 0.05) is 0 Å². The van der Waals surface area contributed by atoms with E-state index in [4.69, 9.17) is 4.74 Å². The van der Waals surface area contributed by atoms with Gasteiger partial charge in [0.2, 0.25) is 0 Å². The molecule has 0 saturated heterocycles. The first-order chi connectivity index (χ1) is 4.62. The molecule has 0 rings (SSSR count). The zero-order valence-electron chi connectivity index (χ0n) is 7.14. The van der Waals surface area contributed by atoms with E-state index >= 15 is 0 Å². The predicted molar refractivity (Wildman–Crippen MR) is 40.5 cm³/mol. The molecule has 0 N–H and O–H groups in total. The molecule has 0 aromatic carbocycles. The van der Waals surface area contributed by atoms with E-state index in [0.717, 1.165) is 12.8 Å². The minimum atomic E-state index is -0.132. The van der Waals surface area contributed by atoms with Gasteiger partial charge >= 0.3 is 0 Å². The third kappa shape index (κ3) is 4.77. The SMILES string of the molecule is CCCC(C)(C)OCC[O]. The van der Waals surface area contributed by atoms with Crippen molar-refractivity contribution >= 4 is 0 Å². The summed E-state index contributed by atoms with van der Waals surface area (Å²) in [6.07, 6.45) is 2.12. The number of hydrogen-bond acceptors (Lipinski definition) is 1. The summed E-state index contributed by atoms with van der Waals surface area (Å²) in [5.41, 5.74) is -0.0981. The van der Waals surface area contributed by atoms with Crippen LogP contribution in [0.15, 0.2) is 0 Å². The van der Waals surface area contributed by atoms with Crippen molar-refractivity contribution in [1.29, 1.82) is 0 Å². The van der Waals surface area contributed by atoms with Gasteiger partial charge in [0.25, 0.3) is 0 Å². The van der Waals surface area contributed by atoms with E-state index in [1.807, 2.05) is 13.8 Å². The molecule has 0 aliphatic carbocycles. The normalized spacial score (nSPS) is 12.0. The fourth-order valence-corrected chi connectivity index (χ4v) is 0.992. The molecule has 0 amide bonds. The lowest BCUT2D eigenvalue weighted by atomic mass is 10.0. The molecule has 0 aromatic rings. The molecule has 1 radical (unpaired) electrons. The highest BCUT2D eigenvalue weighted by Crippen LogP contribution is 2.15. The molecular weight excluding hydrogens is 128 g/mol.